The van der Waals surface area contributed by atoms with Crippen molar-refractivity contribution in [3.05, 3.63) is 15.0 Å². The average Bonchev–Trinajstić information content (AvgIpc) is 2.62. The Bertz CT molecular complexity index is 592. The van der Waals surface area contributed by atoms with E-state index in [1.165, 1.54) is 7.11 Å². The van der Waals surface area contributed by atoms with Crippen LogP contribution in [0.25, 0.3) is 0 Å². The van der Waals surface area contributed by atoms with E-state index in [0.717, 1.165) is 15.7 Å². The predicted molar refractivity (Wildman–Crippen MR) is 87.5 cm³/mol. The molecule has 8 heteroatoms. The number of nitrogens with zero attached hydrogens (tertiary/aromatic N) is 3. The van der Waals surface area contributed by atoms with E-state index in [2.05, 4.69) is 27.7 Å². The van der Waals surface area contributed by atoms with E-state index in [0.29, 0.717) is 25.3 Å². The first kappa shape index (κ1) is 17.0. The Hall–Kier alpha value is -1.32. The Morgan fingerprint density at radius 3 is 2.55 bits per heavy atom. The van der Waals surface area contributed by atoms with Crippen molar-refractivity contribution in [1.82, 2.24) is 14.7 Å². The van der Waals surface area contributed by atoms with E-state index in [9.17, 15) is 9.59 Å². The van der Waals surface area contributed by atoms with E-state index in [-0.39, 0.29) is 6.09 Å². The molecular weight excluding hydrogens is 401 g/mol. The summed E-state index contributed by atoms with van der Waals surface area (Å²) in [5.74, 6) is -0.464. The number of methoxy groups -OCH3 is 1. The van der Waals surface area contributed by atoms with Crippen LogP contribution in [0.2, 0.25) is 0 Å². The van der Waals surface area contributed by atoms with Gasteiger partial charge in [-0.2, -0.15) is 5.10 Å². The minimum atomic E-state index is -0.534. The van der Waals surface area contributed by atoms with Crippen LogP contribution in [-0.4, -0.2) is 46.0 Å². The zero-order valence-corrected chi connectivity index (χ0v) is 15.3. The summed E-state index contributed by atoms with van der Waals surface area (Å²) in [6.45, 7) is 7.14. The van der Waals surface area contributed by atoms with E-state index in [1.54, 1.807) is 9.58 Å². The largest absolute Gasteiger partial charge is 0.464 e. The van der Waals surface area contributed by atoms with E-state index < -0.39 is 11.6 Å². The van der Waals surface area contributed by atoms with Crippen molar-refractivity contribution >= 4 is 34.7 Å². The molecule has 0 saturated carbocycles. The Labute approximate surface area is 143 Å². The molecule has 0 unspecified atom stereocenters. The molecule has 0 radical (unpaired) electrons. The number of halogens is 1. The van der Waals surface area contributed by atoms with Gasteiger partial charge in [0.2, 0.25) is 0 Å². The van der Waals surface area contributed by atoms with Crippen LogP contribution in [0.5, 0.6) is 0 Å². The van der Waals surface area contributed by atoms with Crippen molar-refractivity contribution in [1.29, 1.82) is 0 Å². The van der Waals surface area contributed by atoms with Crippen LogP contribution in [0.15, 0.2) is 0 Å². The molecule has 0 aliphatic carbocycles. The number of fused-ring (bicyclic) bond motifs is 1. The second kappa shape index (κ2) is 6.43. The average molecular weight is 421 g/mol. The van der Waals surface area contributed by atoms with Gasteiger partial charge in [0.05, 0.1) is 22.9 Å². The van der Waals surface area contributed by atoms with Crippen LogP contribution in [-0.2, 0) is 22.6 Å². The lowest BCUT2D eigenvalue weighted by molar-refractivity contribution is 0.0236. The first-order valence-corrected chi connectivity index (χ1v) is 8.12. The van der Waals surface area contributed by atoms with Gasteiger partial charge in [0.1, 0.15) is 5.60 Å². The van der Waals surface area contributed by atoms with Gasteiger partial charge in [0, 0.05) is 13.1 Å². The molecule has 22 heavy (non-hydrogen) atoms. The minimum Gasteiger partial charge on any atom is -0.464 e. The number of rotatable bonds is 1. The molecule has 7 nitrogen and oxygen atoms in total. The van der Waals surface area contributed by atoms with Crippen molar-refractivity contribution < 1.29 is 19.1 Å². The number of carbonyl (C=O) groups is 2. The van der Waals surface area contributed by atoms with Crippen LogP contribution in [0.1, 0.15) is 43.4 Å². The number of ether oxygens (including phenoxy) is 2. The molecule has 1 aromatic rings. The maximum absolute atomic E-state index is 12.3. The van der Waals surface area contributed by atoms with Gasteiger partial charge in [-0.15, -0.1) is 0 Å². The topological polar surface area (TPSA) is 73.7 Å². The van der Waals surface area contributed by atoms with E-state index in [4.69, 9.17) is 9.47 Å². The zero-order valence-electron chi connectivity index (χ0n) is 13.2. The summed E-state index contributed by atoms with van der Waals surface area (Å²) in [5.41, 5.74) is 0.599. The molecule has 122 valence electrons. The van der Waals surface area contributed by atoms with Crippen molar-refractivity contribution in [2.75, 3.05) is 13.7 Å². The van der Waals surface area contributed by atoms with E-state index in [1.807, 2.05) is 20.8 Å². The number of carbonyl (C=O) groups excluding carboxylic acids is 2. The fourth-order valence-corrected chi connectivity index (χ4v) is 2.97. The molecule has 1 aliphatic rings. The summed E-state index contributed by atoms with van der Waals surface area (Å²) in [7, 11) is 1.33. The summed E-state index contributed by atoms with van der Waals surface area (Å²) in [5, 5.41) is 4.31. The molecule has 0 N–H and O–H groups in total. The fraction of sp³-hybridized carbons (Fsp3) is 0.643. The minimum absolute atomic E-state index is 0.295. The molecule has 0 bridgehead atoms. The molecule has 0 saturated heterocycles. The van der Waals surface area contributed by atoms with Crippen LogP contribution in [0.4, 0.5) is 4.79 Å². The van der Waals surface area contributed by atoms with Crippen LogP contribution in [0, 0.1) is 3.57 Å². The Kier molecular flexibility index (Phi) is 4.98. The van der Waals surface area contributed by atoms with Gasteiger partial charge in [-0.1, -0.05) is 0 Å². The number of amides is 1. The lowest BCUT2D eigenvalue weighted by Gasteiger charge is -2.26. The quantitative estimate of drug-likeness (QED) is 0.515. The van der Waals surface area contributed by atoms with Gasteiger partial charge in [-0.05, 0) is 49.8 Å². The number of hydrogen-bond donors (Lipinski definition) is 0. The van der Waals surface area contributed by atoms with Crippen molar-refractivity contribution in [2.24, 2.45) is 0 Å². The molecule has 2 rings (SSSR count). The highest BCUT2D eigenvalue weighted by atomic mass is 127. The summed E-state index contributed by atoms with van der Waals surface area (Å²) in [6, 6.07) is 0. The normalized spacial score (nSPS) is 15.0. The summed E-state index contributed by atoms with van der Waals surface area (Å²) >= 11 is 2.07. The lowest BCUT2D eigenvalue weighted by atomic mass is 10.2. The van der Waals surface area contributed by atoms with Gasteiger partial charge in [0.25, 0.3) is 0 Å². The van der Waals surface area contributed by atoms with Gasteiger partial charge in [0.15, 0.2) is 5.69 Å². The summed E-state index contributed by atoms with van der Waals surface area (Å²) in [4.78, 5) is 25.6. The molecule has 1 aliphatic heterocycles. The third kappa shape index (κ3) is 3.71. The Balaban J connectivity index is 2.24. The third-order valence-corrected chi connectivity index (χ3v) is 4.30. The smallest absolute Gasteiger partial charge is 0.410 e. The van der Waals surface area contributed by atoms with Crippen molar-refractivity contribution in [3.8, 4) is 0 Å². The molecule has 0 aromatic carbocycles. The fourth-order valence-electron chi connectivity index (χ4n) is 2.19. The summed E-state index contributed by atoms with van der Waals surface area (Å²) < 4.78 is 12.7. The zero-order chi connectivity index (χ0) is 16.5. The first-order chi connectivity index (χ1) is 10.2. The van der Waals surface area contributed by atoms with Crippen LogP contribution >= 0.6 is 22.6 Å². The molecule has 2 heterocycles. The highest BCUT2D eigenvalue weighted by Gasteiger charge is 2.29. The van der Waals surface area contributed by atoms with Crippen LogP contribution < -0.4 is 0 Å². The number of esters is 1. The van der Waals surface area contributed by atoms with Crippen molar-refractivity contribution in [2.45, 2.75) is 45.9 Å². The van der Waals surface area contributed by atoms with Gasteiger partial charge >= 0.3 is 12.1 Å². The number of aromatic nitrogens is 2. The Morgan fingerprint density at radius 1 is 1.27 bits per heavy atom. The molecule has 1 amide bonds. The van der Waals surface area contributed by atoms with Crippen molar-refractivity contribution in [3.63, 3.8) is 0 Å². The second-order valence-corrected chi connectivity index (χ2v) is 7.16. The second-order valence-electron chi connectivity index (χ2n) is 6.08. The SMILES string of the molecule is COC(=O)c1nn2c(c1I)CN(C(=O)OC(C)(C)C)CCC2. The predicted octanol–water partition coefficient (Wildman–Crippen LogP) is 2.42. The molecule has 1 aromatic heterocycles. The van der Waals surface area contributed by atoms with E-state index >= 15 is 0 Å². The monoisotopic (exact) mass is 421 g/mol. The van der Waals surface area contributed by atoms with Gasteiger partial charge in [-0.25, -0.2) is 9.59 Å². The lowest BCUT2D eigenvalue weighted by Crippen LogP contribution is -2.36. The molecule has 0 fully saturated rings. The standard InChI is InChI=1S/C14H20IN3O4/c1-14(2,3)22-13(20)17-6-5-7-18-9(8-17)10(15)11(16-18)12(19)21-4/h5-8H2,1-4H3. The highest BCUT2D eigenvalue weighted by molar-refractivity contribution is 14.1. The third-order valence-electron chi connectivity index (χ3n) is 3.16. The van der Waals surface area contributed by atoms with Gasteiger partial charge in [-0.3, -0.25) is 4.68 Å². The number of aryl methyl sites for hydroxylation is 1. The maximum atomic E-state index is 12.3. The Morgan fingerprint density at radius 2 is 1.95 bits per heavy atom. The highest BCUT2D eigenvalue weighted by Crippen LogP contribution is 2.23. The number of hydrogen-bond acceptors (Lipinski definition) is 5. The van der Waals surface area contributed by atoms with Gasteiger partial charge < -0.3 is 14.4 Å². The molecule has 0 atom stereocenters. The summed E-state index contributed by atoms with van der Waals surface area (Å²) in [6.07, 6.45) is 0.405. The maximum Gasteiger partial charge on any atom is 0.410 e. The van der Waals surface area contributed by atoms with Crippen LogP contribution in [0.3, 0.4) is 0 Å². The first-order valence-electron chi connectivity index (χ1n) is 7.04. The molecule has 0 spiro atoms. The molecular formula is C14H20IN3O4.